The molecule has 1 atom stereocenters. The van der Waals surface area contributed by atoms with E-state index in [1.165, 1.54) is 19.3 Å². The van der Waals surface area contributed by atoms with E-state index in [0.717, 1.165) is 24.8 Å². The molecule has 4 aliphatic carbocycles. The van der Waals surface area contributed by atoms with Gasteiger partial charge in [0.2, 0.25) is 11.8 Å². The monoisotopic (exact) mass is 374 g/mol. The van der Waals surface area contributed by atoms with Gasteiger partial charge in [-0.15, -0.1) is 0 Å². The molecule has 0 saturated heterocycles. The van der Waals surface area contributed by atoms with Crippen molar-refractivity contribution in [2.45, 2.75) is 58.4 Å². The molecule has 1 aromatic rings. The van der Waals surface area contributed by atoms with Crippen molar-refractivity contribution < 1.29 is 9.59 Å². The molecule has 0 aliphatic heterocycles. The van der Waals surface area contributed by atoms with E-state index >= 15 is 0 Å². The number of rotatable bonds is 4. The van der Waals surface area contributed by atoms with Gasteiger partial charge in [0.25, 0.3) is 0 Å². The van der Waals surface area contributed by atoms with Crippen LogP contribution in [-0.4, -0.2) is 17.9 Å². The van der Waals surface area contributed by atoms with Gasteiger partial charge in [0.1, 0.15) is 6.04 Å². The van der Waals surface area contributed by atoms with Crippen LogP contribution in [0.25, 0.3) is 0 Å². The van der Waals surface area contributed by atoms with Crippen LogP contribution < -0.4 is 10.6 Å². The number of hydrogen-bond donors (Lipinski definition) is 2. The van der Waals surface area contributed by atoms with E-state index in [2.05, 4.69) is 10.6 Å². The maximum Gasteiger partial charge on any atom is 0.246 e. The molecule has 1 aromatic carbocycles. The first-order valence-corrected chi connectivity index (χ1v) is 10.1. The van der Waals surface area contributed by atoms with Gasteiger partial charge in [0.15, 0.2) is 0 Å². The highest BCUT2D eigenvalue weighted by Gasteiger charge is 2.54. The van der Waals surface area contributed by atoms with Gasteiger partial charge >= 0.3 is 0 Å². The van der Waals surface area contributed by atoms with E-state index < -0.39 is 6.04 Å². The molecule has 1 unspecified atom stereocenters. The van der Waals surface area contributed by atoms with Gasteiger partial charge in [-0.25, -0.2) is 0 Å². The van der Waals surface area contributed by atoms with Crippen LogP contribution >= 0.6 is 11.6 Å². The number of halogens is 1. The van der Waals surface area contributed by atoms with Crippen LogP contribution in [0.2, 0.25) is 5.02 Å². The molecule has 4 bridgehead atoms. The van der Waals surface area contributed by atoms with E-state index in [1.807, 2.05) is 19.1 Å². The lowest BCUT2D eigenvalue weighted by Crippen LogP contribution is -2.56. The van der Waals surface area contributed by atoms with Crippen LogP contribution in [0.5, 0.6) is 0 Å². The van der Waals surface area contributed by atoms with Crippen molar-refractivity contribution in [1.82, 2.24) is 5.32 Å². The van der Waals surface area contributed by atoms with Crippen LogP contribution in [0.4, 0.5) is 5.69 Å². The Bertz CT molecular complexity index is 710. The maximum absolute atomic E-state index is 13.1. The van der Waals surface area contributed by atoms with Crippen LogP contribution in [0.1, 0.15) is 51.0 Å². The summed E-state index contributed by atoms with van der Waals surface area (Å²) >= 11 is 6.12. The Kier molecular flexibility index (Phi) is 4.50. The molecule has 0 heterocycles. The first-order valence-electron chi connectivity index (χ1n) is 9.73. The van der Waals surface area contributed by atoms with Crippen LogP contribution in [0.3, 0.4) is 0 Å². The summed E-state index contributed by atoms with van der Waals surface area (Å²) in [5, 5.41) is 6.52. The minimum Gasteiger partial charge on any atom is -0.344 e. The van der Waals surface area contributed by atoms with E-state index in [0.29, 0.717) is 28.5 Å². The largest absolute Gasteiger partial charge is 0.344 e. The normalized spacial score (nSPS) is 33.0. The topological polar surface area (TPSA) is 58.2 Å². The molecule has 5 rings (SSSR count). The molecule has 140 valence electrons. The van der Waals surface area contributed by atoms with Crippen molar-refractivity contribution in [2.75, 3.05) is 5.32 Å². The zero-order chi connectivity index (χ0) is 18.5. The number of anilines is 1. The Morgan fingerprint density at radius 3 is 2.27 bits per heavy atom. The number of carbonyl (C=O) groups excluding carboxylic acids is 2. The summed E-state index contributed by atoms with van der Waals surface area (Å²) < 4.78 is 0. The van der Waals surface area contributed by atoms with Crippen molar-refractivity contribution in [3.05, 3.63) is 28.8 Å². The minimum absolute atomic E-state index is 0.0852. The van der Waals surface area contributed by atoms with Gasteiger partial charge < -0.3 is 10.6 Å². The molecule has 26 heavy (non-hydrogen) atoms. The number of amides is 2. The van der Waals surface area contributed by atoms with Crippen LogP contribution in [0, 0.1) is 30.1 Å². The second-order valence-electron chi connectivity index (χ2n) is 8.79. The lowest BCUT2D eigenvalue weighted by Gasteiger charge is -2.55. The second-order valence-corrected chi connectivity index (χ2v) is 9.20. The maximum atomic E-state index is 13.1. The van der Waals surface area contributed by atoms with Gasteiger partial charge in [-0.3, -0.25) is 9.59 Å². The molecule has 4 fully saturated rings. The van der Waals surface area contributed by atoms with Crippen LogP contribution in [-0.2, 0) is 9.59 Å². The molecule has 4 aliphatic rings. The van der Waals surface area contributed by atoms with E-state index in [-0.39, 0.29) is 17.2 Å². The smallest absolute Gasteiger partial charge is 0.246 e. The SMILES string of the molecule is Cc1c(Cl)cccc1NC(=O)C(C)NC(=O)C12CC3CC(CC(C3)C1)C2. The molecule has 5 heteroatoms. The zero-order valence-corrected chi connectivity index (χ0v) is 16.2. The summed E-state index contributed by atoms with van der Waals surface area (Å²) in [6, 6.07) is 4.87. The highest BCUT2D eigenvalue weighted by Crippen LogP contribution is 2.60. The van der Waals surface area contributed by atoms with E-state index in [1.54, 1.807) is 13.0 Å². The summed E-state index contributed by atoms with van der Waals surface area (Å²) in [5.74, 6) is 2.02. The summed E-state index contributed by atoms with van der Waals surface area (Å²) in [6.45, 7) is 3.63. The summed E-state index contributed by atoms with van der Waals surface area (Å²) in [5.41, 5.74) is 1.30. The second kappa shape index (κ2) is 6.56. The van der Waals surface area contributed by atoms with Crippen molar-refractivity contribution >= 4 is 29.1 Å². The van der Waals surface area contributed by atoms with Crippen molar-refractivity contribution in [1.29, 1.82) is 0 Å². The molecule has 0 aromatic heterocycles. The number of nitrogens with one attached hydrogen (secondary N) is 2. The quantitative estimate of drug-likeness (QED) is 0.825. The molecule has 2 amide bonds. The van der Waals surface area contributed by atoms with Crippen molar-refractivity contribution in [2.24, 2.45) is 23.2 Å². The fourth-order valence-corrected chi connectivity index (χ4v) is 5.96. The fraction of sp³-hybridized carbons (Fsp3) is 0.619. The average Bonchev–Trinajstić information content (AvgIpc) is 2.57. The third-order valence-electron chi connectivity index (χ3n) is 6.79. The van der Waals surface area contributed by atoms with Crippen LogP contribution in [0.15, 0.2) is 18.2 Å². The first kappa shape index (κ1) is 17.8. The Morgan fingerprint density at radius 1 is 1.12 bits per heavy atom. The average molecular weight is 375 g/mol. The number of carbonyl (C=O) groups is 2. The summed E-state index contributed by atoms with van der Waals surface area (Å²) in [7, 11) is 0. The van der Waals surface area contributed by atoms with Gasteiger partial charge in [-0.05, 0) is 87.8 Å². The van der Waals surface area contributed by atoms with Gasteiger partial charge in [0, 0.05) is 16.1 Å². The molecule has 0 radical (unpaired) electrons. The molecule has 0 spiro atoms. The Labute approximate surface area is 160 Å². The van der Waals surface area contributed by atoms with Crippen molar-refractivity contribution in [3.8, 4) is 0 Å². The molecule has 4 nitrogen and oxygen atoms in total. The summed E-state index contributed by atoms with van der Waals surface area (Å²) in [4.78, 5) is 25.6. The predicted octanol–water partition coefficient (Wildman–Crippen LogP) is 4.31. The minimum atomic E-state index is -0.561. The van der Waals surface area contributed by atoms with E-state index in [9.17, 15) is 9.59 Å². The standard InChI is InChI=1S/C21H27ClN2O2/c1-12-17(22)4-3-5-18(12)24-19(25)13(2)23-20(26)21-9-14-6-15(10-21)8-16(7-14)11-21/h3-5,13-16H,6-11H2,1-2H3,(H,23,26)(H,24,25). The molecular formula is C21H27ClN2O2. The Hall–Kier alpha value is -1.55. The Morgan fingerprint density at radius 2 is 1.69 bits per heavy atom. The van der Waals surface area contributed by atoms with Crippen molar-refractivity contribution in [3.63, 3.8) is 0 Å². The third-order valence-corrected chi connectivity index (χ3v) is 7.20. The highest BCUT2D eigenvalue weighted by atomic mass is 35.5. The molecule has 2 N–H and O–H groups in total. The lowest BCUT2D eigenvalue weighted by molar-refractivity contribution is -0.147. The molecule has 4 saturated carbocycles. The first-order chi connectivity index (χ1) is 12.4. The number of hydrogen-bond acceptors (Lipinski definition) is 2. The number of benzene rings is 1. The Balaban J connectivity index is 1.41. The van der Waals surface area contributed by atoms with Gasteiger partial charge in [-0.1, -0.05) is 17.7 Å². The summed E-state index contributed by atoms with van der Waals surface area (Å²) in [6.07, 6.45) is 6.93. The highest BCUT2D eigenvalue weighted by molar-refractivity contribution is 6.31. The molecular weight excluding hydrogens is 348 g/mol. The lowest BCUT2D eigenvalue weighted by atomic mass is 9.49. The van der Waals surface area contributed by atoms with Gasteiger partial charge in [0.05, 0.1) is 0 Å². The predicted molar refractivity (Wildman–Crippen MR) is 103 cm³/mol. The third kappa shape index (κ3) is 3.13. The van der Waals surface area contributed by atoms with E-state index in [4.69, 9.17) is 11.6 Å². The zero-order valence-electron chi connectivity index (χ0n) is 15.5. The van der Waals surface area contributed by atoms with Gasteiger partial charge in [-0.2, -0.15) is 0 Å². The fourth-order valence-electron chi connectivity index (χ4n) is 5.79.